The number of amides is 2. The predicted molar refractivity (Wildman–Crippen MR) is 178 cm³/mol. The Labute approximate surface area is 276 Å². The molecule has 4 N–H and O–H groups in total. The Morgan fingerprint density at radius 1 is 0.630 bits per heavy atom. The molecule has 3 rings (SSSR count). The summed E-state index contributed by atoms with van der Waals surface area (Å²) in [6.45, 7) is 7.38. The van der Waals surface area contributed by atoms with E-state index in [4.69, 9.17) is 9.47 Å². The van der Waals surface area contributed by atoms with Gasteiger partial charge < -0.3 is 30.3 Å². The summed E-state index contributed by atoms with van der Waals surface area (Å²) in [6.07, 6.45) is -2.86. The largest absolute Gasteiger partial charge is 0.478 e. The van der Waals surface area contributed by atoms with Crippen LogP contribution in [0.5, 0.6) is 0 Å². The number of alkyl carbamates (subject to hydrolysis) is 2. The van der Waals surface area contributed by atoms with Crippen molar-refractivity contribution >= 4 is 47.6 Å². The van der Waals surface area contributed by atoms with Crippen molar-refractivity contribution in [1.29, 1.82) is 0 Å². The first-order valence-corrected chi connectivity index (χ1v) is 16.2. The summed E-state index contributed by atoms with van der Waals surface area (Å²) in [5.41, 5.74) is 1.37. The van der Waals surface area contributed by atoms with Crippen LogP contribution in [-0.2, 0) is 32.2 Å². The molecule has 0 radical (unpaired) electrons. The number of carboxylic acids is 2. The zero-order valence-corrected chi connectivity index (χ0v) is 26.7. The van der Waals surface area contributed by atoms with Gasteiger partial charge in [0, 0.05) is 58.4 Å². The molecule has 0 aliphatic heterocycles. The van der Waals surface area contributed by atoms with Crippen molar-refractivity contribution in [1.82, 2.24) is 10.6 Å². The van der Waals surface area contributed by atoms with E-state index in [1.165, 1.54) is 23.5 Å². The fraction of sp³-hybridized carbons (Fsp3) is 0.235. The van der Waals surface area contributed by atoms with Gasteiger partial charge in [-0.15, -0.1) is 23.5 Å². The van der Waals surface area contributed by atoms with Gasteiger partial charge in [0.05, 0.1) is 0 Å². The number of hydrogen-bond donors (Lipinski definition) is 4. The number of nitrogens with one attached hydrogen (secondary N) is 2. The summed E-state index contributed by atoms with van der Waals surface area (Å²) in [6, 6.07) is 26.1. The average Bonchev–Trinajstić information content (AvgIpc) is 3.05. The van der Waals surface area contributed by atoms with E-state index in [9.17, 15) is 29.4 Å². The number of carbonyl (C=O) groups is 4. The molecule has 12 heteroatoms. The minimum Gasteiger partial charge on any atom is -0.478 e. The average molecular weight is 665 g/mol. The normalized spacial score (nSPS) is 11.8. The summed E-state index contributed by atoms with van der Waals surface area (Å²) in [5, 5.41) is 23.9. The maximum atomic E-state index is 12.6. The highest BCUT2D eigenvalue weighted by molar-refractivity contribution is 7.99. The zero-order chi connectivity index (χ0) is 33.3. The Hall–Kier alpha value is -4.68. The summed E-state index contributed by atoms with van der Waals surface area (Å²) in [7, 11) is 0. The second-order valence-corrected chi connectivity index (χ2v) is 12.2. The van der Waals surface area contributed by atoms with Crippen molar-refractivity contribution in [3.63, 3.8) is 0 Å². The number of carbonyl (C=O) groups excluding carboxylic acids is 2. The number of carboxylic acid groups (broad SMARTS) is 2. The van der Waals surface area contributed by atoms with Gasteiger partial charge in [-0.25, -0.2) is 19.2 Å². The third kappa shape index (κ3) is 13.5. The zero-order valence-electron chi connectivity index (χ0n) is 25.1. The van der Waals surface area contributed by atoms with E-state index < -0.39 is 36.3 Å². The molecule has 10 nitrogen and oxygen atoms in total. The molecule has 0 fully saturated rings. The van der Waals surface area contributed by atoms with Crippen LogP contribution < -0.4 is 10.6 Å². The van der Waals surface area contributed by atoms with Crippen molar-refractivity contribution in [2.45, 2.75) is 47.9 Å². The number of ether oxygens (including phenoxy) is 2. The van der Waals surface area contributed by atoms with E-state index >= 15 is 0 Å². The molecular weight excluding hydrogens is 629 g/mol. The van der Waals surface area contributed by atoms with E-state index in [2.05, 4.69) is 23.8 Å². The van der Waals surface area contributed by atoms with E-state index in [-0.39, 0.29) is 37.1 Å². The molecular formula is C34H36N2O8S2. The highest BCUT2D eigenvalue weighted by Crippen LogP contribution is 2.23. The fourth-order valence-corrected chi connectivity index (χ4v) is 5.82. The van der Waals surface area contributed by atoms with Gasteiger partial charge in [-0.2, -0.15) is 0 Å². The molecule has 2 unspecified atom stereocenters. The SMILES string of the molecule is C=C(CC(CSc1ccccc1)OC(=O)NCc1cccc(CNC(=O)OC(CSc2ccccc2)CC(=C)C(=O)O)c1)C(=O)O. The van der Waals surface area contributed by atoms with Crippen molar-refractivity contribution in [3.8, 4) is 0 Å². The number of hydrogen-bond acceptors (Lipinski definition) is 8. The van der Waals surface area contributed by atoms with Crippen LogP contribution in [0.1, 0.15) is 24.0 Å². The van der Waals surface area contributed by atoms with Crippen molar-refractivity contribution in [3.05, 3.63) is 120 Å². The highest BCUT2D eigenvalue weighted by atomic mass is 32.2. The quantitative estimate of drug-likeness (QED) is 0.0874. The lowest BCUT2D eigenvalue weighted by Crippen LogP contribution is -2.31. The molecule has 0 aliphatic carbocycles. The van der Waals surface area contributed by atoms with E-state index in [0.29, 0.717) is 11.5 Å². The van der Waals surface area contributed by atoms with Crippen LogP contribution >= 0.6 is 23.5 Å². The maximum absolute atomic E-state index is 12.6. The second kappa shape index (κ2) is 19.0. The van der Waals surface area contributed by atoms with Crippen LogP contribution in [0.15, 0.2) is 119 Å². The summed E-state index contributed by atoms with van der Waals surface area (Å²) < 4.78 is 11.1. The first-order chi connectivity index (χ1) is 22.1. The van der Waals surface area contributed by atoms with Crippen LogP contribution in [0.4, 0.5) is 9.59 Å². The third-order valence-corrected chi connectivity index (χ3v) is 8.61. The molecule has 3 aromatic rings. The van der Waals surface area contributed by atoms with Gasteiger partial charge in [-0.3, -0.25) is 0 Å². The topological polar surface area (TPSA) is 151 Å². The first-order valence-electron chi connectivity index (χ1n) is 14.2. The fourth-order valence-electron chi connectivity index (χ4n) is 3.99. The smallest absolute Gasteiger partial charge is 0.407 e. The van der Waals surface area contributed by atoms with Crippen molar-refractivity contribution < 1.29 is 38.9 Å². The minimum absolute atomic E-state index is 0.0178. The molecule has 0 heterocycles. The van der Waals surface area contributed by atoms with Gasteiger partial charge in [0.1, 0.15) is 12.2 Å². The van der Waals surface area contributed by atoms with Gasteiger partial charge in [0.15, 0.2) is 0 Å². The van der Waals surface area contributed by atoms with Gasteiger partial charge in [0.2, 0.25) is 0 Å². The Morgan fingerprint density at radius 3 is 1.39 bits per heavy atom. The number of benzene rings is 3. The van der Waals surface area contributed by atoms with Gasteiger partial charge in [-0.1, -0.05) is 73.8 Å². The molecule has 0 spiro atoms. The Bertz CT molecular complexity index is 1390. The maximum Gasteiger partial charge on any atom is 0.407 e. The second-order valence-electron chi connectivity index (χ2n) is 10.1. The van der Waals surface area contributed by atoms with Gasteiger partial charge in [0.25, 0.3) is 0 Å². The molecule has 0 bridgehead atoms. The number of rotatable bonds is 18. The van der Waals surface area contributed by atoms with E-state index in [1.807, 2.05) is 60.7 Å². The Morgan fingerprint density at radius 2 is 1.02 bits per heavy atom. The number of aliphatic carboxylic acids is 2. The monoisotopic (exact) mass is 664 g/mol. The van der Waals surface area contributed by atoms with E-state index in [0.717, 1.165) is 20.9 Å². The lowest BCUT2D eigenvalue weighted by Gasteiger charge is -2.19. The van der Waals surface area contributed by atoms with Crippen LogP contribution in [0.25, 0.3) is 0 Å². The van der Waals surface area contributed by atoms with Crippen LogP contribution in [0.3, 0.4) is 0 Å². The van der Waals surface area contributed by atoms with Gasteiger partial charge in [-0.05, 0) is 35.4 Å². The molecule has 3 aromatic carbocycles. The minimum atomic E-state index is -1.15. The Kier molecular flexibility index (Phi) is 14.8. The lowest BCUT2D eigenvalue weighted by atomic mass is 10.1. The van der Waals surface area contributed by atoms with Crippen LogP contribution in [-0.4, -0.2) is 58.1 Å². The molecule has 2 atom stereocenters. The molecule has 0 saturated heterocycles. The molecule has 0 aromatic heterocycles. The van der Waals surface area contributed by atoms with Crippen molar-refractivity contribution in [2.75, 3.05) is 11.5 Å². The van der Waals surface area contributed by atoms with Crippen LogP contribution in [0, 0.1) is 0 Å². The molecule has 242 valence electrons. The number of thioether (sulfide) groups is 2. The molecule has 0 aliphatic rings. The van der Waals surface area contributed by atoms with Crippen LogP contribution in [0.2, 0.25) is 0 Å². The summed E-state index contributed by atoms with van der Waals surface area (Å²) in [5.74, 6) is -1.62. The predicted octanol–water partition coefficient (Wildman–Crippen LogP) is 6.52. The highest BCUT2D eigenvalue weighted by Gasteiger charge is 2.21. The summed E-state index contributed by atoms with van der Waals surface area (Å²) >= 11 is 2.88. The van der Waals surface area contributed by atoms with Gasteiger partial charge >= 0.3 is 24.1 Å². The summed E-state index contributed by atoms with van der Waals surface area (Å²) in [4.78, 5) is 49.8. The molecule has 2 amide bonds. The Balaban J connectivity index is 1.50. The first kappa shape index (κ1) is 35.8. The van der Waals surface area contributed by atoms with Crippen molar-refractivity contribution in [2.24, 2.45) is 0 Å². The lowest BCUT2D eigenvalue weighted by molar-refractivity contribution is -0.134. The third-order valence-electron chi connectivity index (χ3n) is 6.32. The standard InChI is InChI=1S/C34H36N2O8S2/c1-23(31(37)38)16-27(21-45-29-12-5-3-6-13-29)43-33(41)35-19-25-10-9-11-26(18-25)20-36-34(42)44-28(17-24(2)32(39)40)22-46-30-14-7-4-8-15-30/h3-15,18,27-28H,1-2,16-17,19-22H2,(H,35,41)(H,36,42)(H,37,38)(H,39,40). The molecule has 0 saturated carbocycles. The van der Waals surface area contributed by atoms with E-state index in [1.54, 1.807) is 24.3 Å². The molecule has 46 heavy (non-hydrogen) atoms.